The SMILES string of the molecule is COC(=O)c1ccc(O/C=C2\CN(C)[C@H](c3ccccc3)[C@H]2C(=O)OC)cc1. The Kier molecular flexibility index (Phi) is 6.11. The first-order valence-corrected chi connectivity index (χ1v) is 8.92. The molecule has 2 aromatic carbocycles. The second kappa shape index (κ2) is 8.71. The number of likely N-dealkylation sites (tertiary alicyclic amines) is 1. The van der Waals surface area contributed by atoms with Crippen LogP contribution in [0.3, 0.4) is 0 Å². The minimum Gasteiger partial charge on any atom is -0.469 e. The van der Waals surface area contributed by atoms with Crippen LogP contribution in [-0.4, -0.2) is 44.7 Å². The van der Waals surface area contributed by atoms with Gasteiger partial charge in [-0.15, -0.1) is 0 Å². The molecule has 0 unspecified atom stereocenters. The van der Waals surface area contributed by atoms with Gasteiger partial charge in [0.05, 0.1) is 32.1 Å². The number of benzene rings is 2. The maximum atomic E-state index is 12.5. The van der Waals surface area contributed by atoms with Crippen LogP contribution < -0.4 is 4.74 Å². The van der Waals surface area contributed by atoms with Crippen LogP contribution in [0.5, 0.6) is 5.75 Å². The molecule has 6 heteroatoms. The van der Waals surface area contributed by atoms with Gasteiger partial charge >= 0.3 is 11.9 Å². The van der Waals surface area contributed by atoms with E-state index in [1.165, 1.54) is 14.2 Å². The summed E-state index contributed by atoms with van der Waals surface area (Å²) in [5.41, 5.74) is 2.33. The highest BCUT2D eigenvalue weighted by Crippen LogP contribution is 2.40. The van der Waals surface area contributed by atoms with Gasteiger partial charge in [0.25, 0.3) is 0 Å². The quantitative estimate of drug-likeness (QED) is 0.585. The zero-order valence-corrected chi connectivity index (χ0v) is 16.1. The van der Waals surface area contributed by atoms with Gasteiger partial charge in [0, 0.05) is 6.54 Å². The van der Waals surface area contributed by atoms with Crippen molar-refractivity contribution in [2.75, 3.05) is 27.8 Å². The minimum absolute atomic E-state index is 0.120. The van der Waals surface area contributed by atoms with Crippen LogP contribution in [0.4, 0.5) is 0 Å². The van der Waals surface area contributed by atoms with E-state index in [-0.39, 0.29) is 12.0 Å². The lowest BCUT2D eigenvalue weighted by Gasteiger charge is -2.23. The van der Waals surface area contributed by atoms with E-state index in [1.54, 1.807) is 30.5 Å². The van der Waals surface area contributed by atoms with Crippen molar-refractivity contribution in [1.82, 2.24) is 4.90 Å². The van der Waals surface area contributed by atoms with Crippen LogP contribution in [0.15, 0.2) is 66.4 Å². The first-order chi connectivity index (χ1) is 13.5. The summed E-state index contributed by atoms with van der Waals surface area (Å²) < 4.78 is 15.5. The summed E-state index contributed by atoms with van der Waals surface area (Å²) >= 11 is 0. The molecule has 6 nitrogen and oxygen atoms in total. The second-order valence-corrected chi connectivity index (χ2v) is 6.60. The molecule has 1 heterocycles. The molecule has 1 saturated heterocycles. The molecule has 0 spiro atoms. The molecule has 0 amide bonds. The van der Waals surface area contributed by atoms with Gasteiger partial charge in [-0.1, -0.05) is 30.3 Å². The third-order valence-corrected chi connectivity index (χ3v) is 4.84. The van der Waals surface area contributed by atoms with Crippen LogP contribution in [0.1, 0.15) is 22.0 Å². The number of likely N-dealkylation sites (N-methyl/N-ethyl adjacent to an activating group) is 1. The van der Waals surface area contributed by atoms with E-state index in [2.05, 4.69) is 9.64 Å². The fourth-order valence-corrected chi connectivity index (χ4v) is 3.49. The molecule has 28 heavy (non-hydrogen) atoms. The summed E-state index contributed by atoms with van der Waals surface area (Å²) in [4.78, 5) is 26.1. The molecule has 1 aliphatic rings. The largest absolute Gasteiger partial charge is 0.469 e. The number of methoxy groups -OCH3 is 2. The van der Waals surface area contributed by atoms with E-state index in [1.807, 2.05) is 37.4 Å². The fraction of sp³-hybridized carbons (Fsp3) is 0.273. The number of nitrogens with zero attached hydrogens (tertiary/aromatic N) is 1. The summed E-state index contributed by atoms with van der Waals surface area (Å²) in [5, 5.41) is 0. The van der Waals surface area contributed by atoms with Gasteiger partial charge in [-0.3, -0.25) is 9.69 Å². The van der Waals surface area contributed by atoms with Gasteiger partial charge in [0.1, 0.15) is 11.7 Å². The van der Waals surface area contributed by atoms with Crippen LogP contribution >= 0.6 is 0 Å². The highest BCUT2D eigenvalue weighted by atomic mass is 16.5. The molecule has 0 N–H and O–H groups in total. The van der Waals surface area contributed by atoms with Crippen molar-refractivity contribution in [2.45, 2.75) is 6.04 Å². The minimum atomic E-state index is -0.452. The van der Waals surface area contributed by atoms with E-state index in [0.29, 0.717) is 17.9 Å². The number of hydrogen-bond acceptors (Lipinski definition) is 6. The predicted molar refractivity (Wildman–Crippen MR) is 104 cm³/mol. The van der Waals surface area contributed by atoms with E-state index in [9.17, 15) is 9.59 Å². The molecule has 0 bridgehead atoms. The highest BCUT2D eigenvalue weighted by molar-refractivity contribution is 5.89. The van der Waals surface area contributed by atoms with Gasteiger partial charge in [-0.2, -0.15) is 0 Å². The number of esters is 2. The zero-order chi connectivity index (χ0) is 20.1. The molecule has 2 atom stereocenters. The summed E-state index contributed by atoms with van der Waals surface area (Å²) in [6.07, 6.45) is 1.61. The maximum Gasteiger partial charge on any atom is 0.337 e. The Morgan fingerprint density at radius 3 is 2.29 bits per heavy atom. The summed E-state index contributed by atoms with van der Waals surface area (Å²) in [6.45, 7) is 0.583. The first kappa shape index (κ1) is 19.6. The fourth-order valence-electron chi connectivity index (χ4n) is 3.49. The van der Waals surface area contributed by atoms with Gasteiger partial charge in [0.2, 0.25) is 0 Å². The monoisotopic (exact) mass is 381 g/mol. The third kappa shape index (κ3) is 4.07. The standard InChI is InChI=1S/C22H23NO5/c1-23-13-17(14-28-18-11-9-16(10-12-18)21(24)26-2)19(22(25)27-3)20(23)15-7-5-4-6-8-15/h4-12,14,19-20H,13H2,1-3H3/b17-14+/t19-,20+/m0/s1. The third-order valence-electron chi connectivity index (χ3n) is 4.84. The van der Waals surface area contributed by atoms with E-state index < -0.39 is 11.9 Å². The van der Waals surface area contributed by atoms with Crippen LogP contribution in [0.25, 0.3) is 0 Å². The molecule has 0 saturated carbocycles. The molecule has 0 aliphatic carbocycles. The molecular weight excluding hydrogens is 358 g/mol. The Morgan fingerprint density at radius 2 is 1.68 bits per heavy atom. The second-order valence-electron chi connectivity index (χ2n) is 6.60. The summed E-state index contributed by atoms with van der Waals surface area (Å²) in [5.74, 6) is -0.589. The Hall–Kier alpha value is -3.12. The molecule has 2 aromatic rings. The van der Waals surface area contributed by atoms with Crippen LogP contribution in [-0.2, 0) is 14.3 Å². The van der Waals surface area contributed by atoms with Crippen molar-refractivity contribution in [3.63, 3.8) is 0 Å². The molecule has 1 fully saturated rings. The topological polar surface area (TPSA) is 65.1 Å². The normalized spacial score (nSPS) is 20.8. The number of carbonyl (C=O) groups excluding carboxylic acids is 2. The summed E-state index contributed by atoms with van der Waals surface area (Å²) in [7, 11) is 4.70. The van der Waals surface area contributed by atoms with E-state index >= 15 is 0 Å². The highest BCUT2D eigenvalue weighted by Gasteiger charge is 2.42. The Bertz CT molecular complexity index is 860. The molecular formula is C22H23NO5. The van der Waals surface area contributed by atoms with Gasteiger partial charge < -0.3 is 14.2 Å². The molecule has 0 aromatic heterocycles. The lowest BCUT2D eigenvalue weighted by molar-refractivity contribution is -0.145. The van der Waals surface area contributed by atoms with E-state index in [0.717, 1.165) is 11.1 Å². The number of carbonyl (C=O) groups is 2. The van der Waals surface area contributed by atoms with Crippen LogP contribution in [0, 0.1) is 5.92 Å². The van der Waals surface area contributed by atoms with Gasteiger partial charge in [0.15, 0.2) is 0 Å². The lowest BCUT2D eigenvalue weighted by Crippen LogP contribution is -2.26. The van der Waals surface area contributed by atoms with Crippen molar-refractivity contribution in [3.05, 3.63) is 77.6 Å². The Balaban J connectivity index is 1.83. The van der Waals surface area contributed by atoms with Crippen LogP contribution in [0.2, 0.25) is 0 Å². The van der Waals surface area contributed by atoms with Crippen molar-refractivity contribution >= 4 is 11.9 Å². The number of rotatable bonds is 5. The smallest absolute Gasteiger partial charge is 0.337 e. The molecule has 0 radical (unpaired) electrons. The molecule has 3 rings (SSSR count). The van der Waals surface area contributed by atoms with Crippen molar-refractivity contribution in [3.8, 4) is 5.75 Å². The van der Waals surface area contributed by atoms with Crippen molar-refractivity contribution in [2.24, 2.45) is 5.92 Å². The van der Waals surface area contributed by atoms with Gasteiger partial charge in [-0.05, 0) is 42.4 Å². The first-order valence-electron chi connectivity index (χ1n) is 8.92. The average molecular weight is 381 g/mol. The zero-order valence-electron chi connectivity index (χ0n) is 16.1. The average Bonchev–Trinajstić information content (AvgIpc) is 3.08. The van der Waals surface area contributed by atoms with Crippen molar-refractivity contribution < 1.29 is 23.8 Å². The Morgan fingerprint density at radius 1 is 1.00 bits per heavy atom. The molecule has 146 valence electrons. The lowest BCUT2D eigenvalue weighted by atomic mass is 9.91. The van der Waals surface area contributed by atoms with Crippen molar-refractivity contribution in [1.29, 1.82) is 0 Å². The predicted octanol–water partition coefficient (Wildman–Crippen LogP) is 3.21. The number of ether oxygens (including phenoxy) is 3. The Labute approximate surface area is 164 Å². The van der Waals surface area contributed by atoms with Gasteiger partial charge in [-0.25, -0.2) is 4.79 Å². The summed E-state index contributed by atoms with van der Waals surface area (Å²) in [6, 6.07) is 16.4. The maximum absolute atomic E-state index is 12.5. The molecule has 1 aliphatic heterocycles. The van der Waals surface area contributed by atoms with E-state index in [4.69, 9.17) is 9.47 Å². The number of hydrogen-bond donors (Lipinski definition) is 0.